The van der Waals surface area contributed by atoms with Gasteiger partial charge in [-0.05, 0) is 19.9 Å². The summed E-state index contributed by atoms with van der Waals surface area (Å²) in [4.78, 5) is 11.4. The molecule has 0 saturated carbocycles. The summed E-state index contributed by atoms with van der Waals surface area (Å²) < 4.78 is 10.2. The van der Waals surface area contributed by atoms with E-state index < -0.39 is 0 Å². The minimum Gasteiger partial charge on any atom is -0.496 e. The van der Waals surface area contributed by atoms with Crippen LogP contribution in [0.2, 0.25) is 0 Å². The molecule has 0 aliphatic rings. The molecule has 0 fully saturated rings. The lowest BCUT2D eigenvalue weighted by molar-refractivity contribution is -0.138. The van der Waals surface area contributed by atoms with Crippen LogP contribution < -0.4 is 10.1 Å². The monoisotopic (exact) mass is 263 g/mol. The van der Waals surface area contributed by atoms with Crippen molar-refractivity contribution in [1.29, 1.82) is 0 Å². The van der Waals surface area contributed by atoms with Crippen molar-refractivity contribution in [2.75, 3.05) is 20.3 Å². The first kappa shape index (κ1) is 15.2. The summed E-state index contributed by atoms with van der Waals surface area (Å²) in [5.74, 6) is 0.464. The summed E-state index contributed by atoms with van der Waals surface area (Å²) in [6.45, 7) is 8.25. The zero-order chi connectivity index (χ0) is 14.3. The molecule has 1 atom stereocenters. The molecule has 1 N–H and O–H groups in total. The van der Waals surface area contributed by atoms with Crippen LogP contribution in [0.3, 0.4) is 0 Å². The van der Waals surface area contributed by atoms with Gasteiger partial charge in [-0.15, -0.1) is 0 Å². The first-order valence-electron chi connectivity index (χ1n) is 6.31. The zero-order valence-electron chi connectivity index (χ0n) is 11.7. The Labute approximate surface area is 114 Å². The highest BCUT2D eigenvalue weighted by Crippen LogP contribution is 2.24. The Morgan fingerprint density at radius 1 is 1.42 bits per heavy atom. The van der Waals surface area contributed by atoms with Crippen molar-refractivity contribution in [2.45, 2.75) is 19.9 Å². The van der Waals surface area contributed by atoms with Crippen LogP contribution in [0.25, 0.3) is 0 Å². The number of para-hydroxylation sites is 1. The van der Waals surface area contributed by atoms with E-state index in [1.165, 1.54) is 0 Å². The number of carbonyl (C=O) groups excluding carboxylic acids is 1. The second-order valence-electron chi connectivity index (χ2n) is 4.17. The molecule has 19 heavy (non-hydrogen) atoms. The highest BCUT2D eigenvalue weighted by atomic mass is 16.5. The third kappa shape index (κ3) is 4.41. The number of hydrogen-bond donors (Lipinski definition) is 1. The Bertz CT molecular complexity index is 443. The number of nitrogens with one attached hydrogen (secondary N) is 1. The lowest BCUT2D eigenvalue weighted by atomic mass is 10.1. The van der Waals surface area contributed by atoms with Gasteiger partial charge < -0.3 is 14.8 Å². The molecule has 0 amide bonds. The van der Waals surface area contributed by atoms with Crippen molar-refractivity contribution in [3.05, 3.63) is 42.0 Å². The van der Waals surface area contributed by atoms with Crippen molar-refractivity contribution in [3.8, 4) is 5.75 Å². The average molecular weight is 263 g/mol. The van der Waals surface area contributed by atoms with Crippen molar-refractivity contribution in [1.82, 2.24) is 5.32 Å². The van der Waals surface area contributed by atoms with E-state index >= 15 is 0 Å². The highest BCUT2D eigenvalue weighted by molar-refractivity contribution is 5.88. The van der Waals surface area contributed by atoms with Gasteiger partial charge in [0.15, 0.2) is 0 Å². The van der Waals surface area contributed by atoms with Crippen molar-refractivity contribution in [3.63, 3.8) is 0 Å². The lowest BCUT2D eigenvalue weighted by Crippen LogP contribution is -2.25. The van der Waals surface area contributed by atoms with Gasteiger partial charge in [-0.2, -0.15) is 0 Å². The Morgan fingerprint density at radius 2 is 2.11 bits per heavy atom. The fourth-order valence-electron chi connectivity index (χ4n) is 1.72. The van der Waals surface area contributed by atoms with Crippen LogP contribution in [0.15, 0.2) is 36.4 Å². The maximum absolute atomic E-state index is 11.4. The van der Waals surface area contributed by atoms with Crippen LogP contribution in [0.4, 0.5) is 0 Å². The van der Waals surface area contributed by atoms with Gasteiger partial charge >= 0.3 is 5.97 Å². The molecule has 4 nitrogen and oxygen atoms in total. The fraction of sp³-hybridized carbons (Fsp3) is 0.400. The summed E-state index contributed by atoms with van der Waals surface area (Å²) in [6, 6.07) is 7.84. The van der Waals surface area contributed by atoms with Crippen molar-refractivity contribution < 1.29 is 14.3 Å². The van der Waals surface area contributed by atoms with Gasteiger partial charge in [0.1, 0.15) is 5.75 Å². The van der Waals surface area contributed by atoms with Crippen LogP contribution in [0, 0.1) is 0 Å². The van der Waals surface area contributed by atoms with Crippen LogP contribution >= 0.6 is 0 Å². The summed E-state index contributed by atoms with van der Waals surface area (Å²) in [7, 11) is 1.64. The zero-order valence-corrected chi connectivity index (χ0v) is 11.7. The molecular weight excluding hydrogens is 242 g/mol. The molecule has 0 aliphatic heterocycles. The smallest absolute Gasteiger partial charge is 0.334 e. The lowest BCUT2D eigenvalue weighted by Gasteiger charge is -2.17. The molecule has 4 heteroatoms. The fourth-order valence-corrected chi connectivity index (χ4v) is 1.72. The third-order valence-corrected chi connectivity index (χ3v) is 2.79. The van der Waals surface area contributed by atoms with E-state index in [2.05, 4.69) is 11.9 Å². The average Bonchev–Trinajstić information content (AvgIpc) is 2.44. The molecular formula is C15H21NO3. The number of carbonyl (C=O) groups is 1. The normalized spacial score (nSPS) is 11.7. The van der Waals surface area contributed by atoms with E-state index in [0.29, 0.717) is 18.7 Å². The van der Waals surface area contributed by atoms with Gasteiger partial charge in [0.25, 0.3) is 0 Å². The molecule has 0 heterocycles. The Kier molecular flexibility index (Phi) is 6.09. The van der Waals surface area contributed by atoms with Gasteiger partial charge in [0, 0.05) is 23.7 Å². The SMILES string of the molecule is C=C(CN[C@H](C)c1ccccc1OC)C(=O)OCC. The predicted octanol–water partition coefficient (Wildman–Crippen LogP) is 2.47. The first-order valence-corrected chi connectivity index (χ1v) is 6.31. The minimum absolute atomic E-state index is 0.0577. The summed E-state index contributed by atoms with van der Waals surface area (Å²) in [5.41, 5.74) is 1.46. The van der Waals surface area contributed by atoms with E-state index in [1.54, 1.807) is 14.0 Å². The van der Waals surface area contributed by atoms with Crippen LogP contribution in [0.5, 0.6) is 5.75 Å². The van der Waals surface area contributed by atoms with Crippen molar-refractivity contribution >= 4 is 5.97 Å². The van der Waals surface area contributed by atoms with Crippen LogP contribution in [-0.4, -0.2) is 26.2 Å². The molecule has 0 aromatic heterocycles. The van der Waals surface area contributed by atoms with E-state index in [9.17, 15) is 4.79 Å². The van der Waals surface area contributed by atoms with Gasteiger partial charge in [0.05, 0.1) is 13.7 Å². The van der Waals surface area contributed by atoms with Crippen molar-refractivity contribution in [2.24, 2.45) is 0 Å². The highest BCUT2D eigenvalue weighted by Gasteiger charge is 2.13. The topological polar surface area (TPSA) is 47.6 Å². The molecule has 0 spiro atoms. The van der Waals surface area contributed by atoms with E-state index in [0.717, 1.165) is 11.3 Å². The first-order chi connectivity index (χ1) is 9.10. The molecule has 104 valence electrons. The van der Waals surface area contributed by atoms with Gasteiger partial charge in [-0.3, -0.25) is 0 Å². The van der Waals surface area contributed by atoms with E-state index in [4.69, 9.17) is 9.47 Å². The van der Waals surface area contributed by atoms with Crippen LogP contribution in [-0.2, 0) is 9.53 Å². The Hall–Kier alpha value is -1.81. The standard InChI is InChI=1S/C15H21NO3/c1-5-19-15(17)11(2)10-16-12(3)13-8-6-7-9-14(13)18-4/h6-9,12,16H,2,5,10H2,1,3-4H3/t12-/m1/s1. The number of rotatable bonds is 7. The minimum atomic E-state index is -0.359. The summed E-state index contributed by atoms with van der Waals surface area (Å²) in [5, 5.41) is 3.23. The quantitative estimate of drug-likeness (QED) is 0.606. The number of hydrogen-bond acceptors (Lipinski definition) is 4. The Morgan fingerprint density at radius 3 is 2.74 bits per heavy atom. The maximum Gasteiger partial charge on any atom is 0.334 e. The third-order valence-electron chi connectivity index (χ3n) is 2.79. The molecule has 0 unspecified atom stereocenters. The van der Waals surface area contributed by atoms with Gasteiger partial charge in [0.2, 0.25) is 0 Å². The molecule has 1 aromatic carbocycles. The number of esters is 1. The number of methoxy groups -OCH3 is 1. The predicted molar refractivity (Wildman–Crippen MR) is 75.2 cm³/mol. The maximum atomic E-state index is 11.4. The summed E-state index contributed by atoms with van der Waals surface area (Å²) in [6.07, 6.45) is 0. The van der Waals surface area contributed by atoms with E-state index in [-0.39, 0.29) is 12.0 Å². The second kappa shape index (κ2) is 7.59. The molecule has 1 aromatic rings. The molecule has 0 radical (unpaired) electrons. The summed E-state index contributed by atoms with van der Waals surface area (Å²) >= 11 is 0. The largest absolute Gasteiger partial charge is 0.496 e. The molecule has 0 saturated heterocycles. The molecule has 1 rings (SSSR count). The molecule has 0 bridgehead atoms. The van der Waals surface area contributed by atoms with Gasteiger partial charge in [-0.1, -0.05) is 24.8 Å². The number of ether oxygens (including phenoxy) is 2. The van der Waals surface area contributed by atoms with Crippen LogP contribution in [0.1, 0.15) is 25.5 Å². The Balaban J connectivity index is 2.58. The van der Waals surface area contributed by atoms with Gasteiger partial charge in [-0.25, -0.2) is 4.79 Å². The molecule has 0 aliphatic carbocycles. The second-order valence-corrected chi connectivity index (χ2v) is 4.17. The van der Waals surface area contributed by atoms with E-state index in [1.807, 2.05) is 31.2 Å². The number of benzene rings is 1.